The first-order valence-electron chi connectivity index (χ1n) is 18.6. The molecular weight excluding hydrogens is 652 g/mol. The molecule has 52 heavy (non-hydrogen) atoms. The maximum Gasteiger partial charge on any atom is 0.255 e. The van der Waals surface area contributed by atoms with Gasteiger partial charge in [-0.15, -0.1) is 0 Å². The predicted octanol–water partition coefficient (Wildman–Crippen LogP) is 7.80. The van der Waals surface area contributed by atoms with E-state index in [0.29, 0.717) is 69.7 Å². The highest BCUT2D eigenvalue weighted by Crippen LogP contribution is 2.47. The molecule has 2 N–H and O–H groups in total. The third kappa shape index (κ3) is 8.24. The topological polar surface area (TPSA) is 97.3 Å². The Hall–Kier alpha value is -4.92. The maximum atomic E-state index is 13.0. The van der Waals surface area contributed by atoms with Crippen LogP contribution < -0.4 is 10.1 Å². The minimum absolute atomic E-state index is 0.0500. The van der Waals surface area contributed by atoms with Crippen LogP contribution in [0.5, 0.6) is 11.5 Å². The Morgan fingerprint density at radius 3 is 2.38 bits per heavy atom. The Balaban J connectivity index is 0.784. The SMILES string of the molecule is C=C1CC[C@H](N2Cc3cc(NCCCOCCOCCOc4ccc([C@@H]5c6ccc(O)cc6CC[C@@H]5c5ccccc5)cc4)ccc3C2=O)C(=O)C1. The normalized spacial score (nSPS) is 19.7. The molecule has 8 nitrogen and oxygen atoms in total. The quantitative estimate of drug-likeness (QED) is 0.0965. The zero-order valence-electron chi connectivity index (χ0n) is 29.7. The van der Waals surface area contributed by atoms with Gasteiger partial charge in [-0.2, -0.15) is 0 Å². The molecule has 0 saturated heterocycles. The summed E-state index contributed by atoms with van der Waals surface area (Å²) in [5, 5.41) is 13.5. The number of nitrogens with one attached hydrogen (secondary N) is 1. The number of hydrogen-bond acceptors (Lipinski definition) is 7. The number of ether oxygens (including phenoxy) is 3. The van der Waals surface area contributed by atoms with Crippen molar-refractivity contribution in [2.24, 2.45) is 0 Å². The Morgan fingerprint density at radius 1 is 0.788 bits per heavy atom. The molecule has 0 unspecified atom stereocenters. The van der Waals surface area contributed by atoms with Crippen molar-refractivity contribution in [2.45, 2.75) is 62.9 Å². The van der Waals surface area contributed by atoms with Crippen LogP contribution in [0.4, 0.5) is 5.69 Å². The molecule has 0 radical (unpaired) electrons. The molecule has 7 rings (SSSR count). The Labute approximate surface area is 306 Å². The van der Waals surface area contributed by atoms with Gasteiger partial charge in [-0.25, -0.2) is 0 Å². The summed E-state index contributed by atoms with van der Waals surface area (Å²) in [6.07, 6.45) is 4.65. The number of amides is 1. The smallest absolute Gasteiger partial charge is 0.255 e. The van der Waals surface area contributed by atoms with Crippen molar-refractivity contribution < 1.29 is 28.9 Å². The monoisotopic (exact) mass is 700 g/mol. The molecule has 1 heterocycles. The molecule has 270 valence electrons. The van der Waals surface area contributed by atoms with Crippen LogP contribution in [0.3, 0.4) is 0 Å². The van der Waals surface area contributed by atoms with Crippen LogP contribution in [0.1, 0.15) is 82.1 Å². The van der Waals surface area contributed by atoms with E-state index in [0.717, 1.165) is 54.8 Å². The summed E-state index contributed by atoms with van der Waals surface area (Å²) < 4.78 is 17.5. The lowest BCUT2D eigenvalue weighted by Gasteiger charge is -2.34. The van der Waals surface area contributed by atoms with Crippen molar-refractivity contribution in [3.8, 4) is 11.5 Å². The van der Waals surface area contributed by atoms with Crippen molar-refractivity contribution in [3.05, 3.63) is 137 Å². The fourth-order valence-corrected chi connectivity index (χ4v) is 7.99. The van der Waals surface area contributed by atoms with Gasteiger partial charge >= 0.3 is 0 Å². The number of hydrogen-bond donors (Lipinski definition) is 2. The van der Waals surface area contributed by atoms with Gasteiger partial charge in [0, 0.05) is 43.3 Å². The Kier molecular flexibility index (Phi) is 11.3. The largest absolute Gasteiger partial charge is 0.508 e. The molecule has 1 fully saturated rings. The second kappa shape index (κ2) is 16.6. The van der Waals surface area contributed by atoms with Crippen LogP contribution in [-0.2, 0) is 27.2 Å². The second-order valence-electron chi connectivity index (χ2n) is 14.1. The lowest BCUT2D eigenvalue weighted by molar-refractivity contribution is -0.124. The number of nitrogens with zero attached hydrogens (tertiary/aromatic N) is 1. The van der Waals surface area contributed by atoms with Gasteiger partial charge in [0.15, 0.2) is 5.78 Å². The molecule has 1 aliphatic heterocycles. The molecular formula is C44H48N2O6. The molecule has 8 heteroatoms. The van der Waals surface area contributed by atoms with E-state index < -0.39 is 0 Å². The highest BCUT2D eigenvalue weighted by Gasteiger charge is 2.38. The second-order valence-corrected chi connectivity index (χ2v) is 14.1. The van der Waals surface area contributed by atoms with E-state index in [2.05, 4.69) is 60.4 Å². The Morgan fingerprint density at radius 2 is 1.58 bits per heavy atom. The highest BCUT2D eigenvalue weighted by molar-refractivity contribution is 6.02. The van der Waals surface area contributed by atoms with E-state index in [-0.39, 0.29) is 23.7 Å². The van der Waals surface area contributed by atoms with E-state index in [1.54, 1.807) is 11.0 Å². The number of rotatable bonds is 15. The molecule has 0 aromatic heterocycles. The Bertz CT molecular complexity index is 1870. The summed E-state index contributed by atoms with van der Waals surface area (Å²) in [5.41, 5.74) is 8.67. The number of phenolic OH excluding ortho intramolecular Hbond substituents is 1. The molecule has 0 spiro atoms. The molecule has 0 bridgehead atoms. The number of phenols is 1. The lowest BCUT2D eigenvalue weighted by atomic mass is 9.69. The third-order valence-corrected chi connectivity index (χ3v) is 10.6. The van der Waals surface area contributed by atoms with Gasteiger partial charge < -0.3 is 29.5 Å². The molecule has 3 atom stereocenters. The maximum absolute atomic E-state index is 13.0. The molecule has 1 amide bonds. The van der Waals surface area contributed by atoms with Gasteiger partial charge in [-0.05, 0) is 108 Å². The van der Waals surface area contributed by atoms with Crippen LogP contribution in [-0.4, -0.2) is 67.3 Å². The van der Waals surface area contributed by atoms with Gasteiger partial charge in [-0.1, -0.05) is 60.7 Å². The summed E-state index contributed by atoms with van der Waals surface area (Å²) in [7, 11) is 0. The number of aryl methyl sites for hydroxylation is 1. The van der Waals surface area contributed by atoms with E-state index in [9.17, 15) is 14.7 Å². The number of fused-ring (bicyclic) bond motifs is 2. The summed E-state index contributed by atoms with van der Waals surface area (Å²) in [6.45, 7) is 7.73. The van der Waals surface area contributed by atoms with Crippen molar-refractivity contribution in [1.29, 1.82) is 0 Å². The fraction of sp³-hybridized carbons (Fsp3) is 0.364. The number of allylic oxidation sites excluding steroid dienone is 1. The van der Waals surface area contributed by atoms with E-state index in [1.807, 2.05) is 36.4 Å². The molecule has 4 aromatic rings. The van der Waals surface area contributed by atoms with Gasteiger partial charge in [0.2, 0.25) is 0 Å². The van der Waals surface area contributed by atoms with E-state index in [4.69, 9.17) is 14.2 Å². The first kappa shape index (κ1) is 35.5. The van der Waals surface area contributed by atoms with Crippen LogP contribution in [0.15, 0.2) is 103 Å². The van der Waals surface area contributed by atoms with Gasteiger partial charge in [0.05, 0.1) is 25.9 Å². The molecule has 4 aromatic carbocycles. The minimum atomic E-state index is -0.341. The molecule has 3 aliphatic rings. The lowest BCUT2D eigenvalue weighted by Crippen LogP contribution is -2.43. The number of carbonyl (C=O) groups is 2. The summed E-state index contributed by atoms with van der Waals surface area (Å²) in [6, 6.07) is 30.4. The van der Waals surface area contributed by atoms with Gasteiger partial charge in [0.1, 0.15) is 18.1 Å². The van der Waals surface area contributed by atoms with E-state index >= 15 is 0 Å². The first-order chi connectivity index (χ1) is 25.4. The number of benzene rings is 4. The van der Waals surface area contributed by atoms with Crippen molar-refractivity contribution in [3.63, 3.8) is 0 Å². The molecule has 1 saturated carbocycles. The predicted molar refractivity (Wildman–Crippen MR) is 202 cm³/mol. The number of ketones is 1. The standard InChI is InChI=1S/C44H48N2O6/c1-30-8-19-41(42(48)26-30)46-29-34-27-35(12-17-40(34)44(46)49)45-20-5-21-50-22-23-51-24-25-52-37-14-9-32(10-15-37)43-38(31-6-3-2-4-7-31)16-11-33-28-36(47)13-18-39(33)43/h2-4,6-7,9-10,12-15,17-18,27-28,38,41,43,45,47H,1,5,8,11,16,19-26,29H2/t38-,41+,43+/m1/s1. The van der Waals surface area contributed by atoms with E-state index in [1.165, 1.54) is 22.3 Å². The van der Waals surface area contributed by atoms with Crippen LogP contribution in [0.25, 0.3) is 0 Å². The highest BCUT2D eigenvalue weighted by atomic mass is 16.5. The number of anilines is 1. The number of Topliss-reactive ketones (excluding diaryl/α,β-unsaturated/α-hetero) is 1. The minimum Gasteiger partial charge on any atom is -0.508 e. The summed E-state index contributed by atoms with van der Waals surface area (Å²) in [5.74, 6) is 1.75. The summed E-state index contributed by atoms with van der Waals surface area (Å²) in [4.78, 5) is 27.3. The van der Waals surface area contributed by atoms with Gasteiger partial charge in [-0.3, -0.25) is 9.59 Å². The van der Waals surface area contributed by atoms with Crippen LogP contribution in [0.2, 0.25) is 0 Å². The number of carbonyl (C=O) groups excluding carboxylic acids is 2. The fourth-order valence-electron chi connectivity index (χ4n) is 7.99. The summed E-state index contributed by atoms with van der Waals surface area (Å²) >= 11 is 0. The average Bonchev–Trinajstić information content (AvgIpc) is 3.48. The third-order valence-electron chi connectivity index (χ3n) is 10.6. The van der Waals surface area contributed by atoms with Crippen molar-refractivity contribution in [2.75, 3.05) is 44.9 Å². The number of aromatic hydroxyl groups is 1. The first-order valence-corrected chi connectivity index (χ1v) is 18.6. The zero-order valence-corrected chi connectivity index (χ0v) is 29.7. The van der Waals surface area contributed by atoms with Crippen LogP contribution >= 0.6 is 0 Å². The van der Waals surface area contributed by atoms with Crippen LogP contribution in [0, 0.1) is 0 Å². The van der Waals surface area contributed by atoms with Crippen molar-refractivity contribution >= 4 is 17.4 Å². The molecule has 2 aliphatic carbocycles. The average molecular weight is 701 g/mol. The van der Waals surface area contributed by atoms with Gasteiger partial charge in [0.25, 0.3) is 5.91 Å². The van der Waals surface area contributed by atoms with Crippen molar-refractivity contribution in [1.82, 2.24) is 4.90 Å². The zero-order chi connectivity index (χ0) is 35.9.